The summed E-state index contributed by atoms with van der Waals surface area (Å²) in [5, 5.41) is 5.92. The van der Waals surface area contributed by atoms with Gasteiger partial charge in [-0.1, -0.05) is 12.1 Å². The lowest BCUT2D eigenvalue weighted by Gasteiger charge is -2.36. The Morgan fingerprint density at radius 2 is 1.72 bits per heavy atom. The van der Waals surface area contributed by atoms with Crippen LogP contribution in [-0.2, 0) is 14.4 Å². The topological polar surface area (TPSA) is 85.0 Å². The highest BCUT2D eigenvalue weighted by molar-refractivity contribution is 6.04. The molecule has 0 spiro atoms. The number of anilines is 2. The minimum absolute atomic E-state index is 0.00127. The molecular weight excluding hydrogens is 370 g/mol. The van der Waals surface area contributed by atoms with Crippen LogP contribution in [-0.4, -0.2) is 78.9 Å². The van der Waals surface area contributed by atoms with Gasteiger partial charge in [0, 0.05) is 44.7 Å². The lowest BCUT2D eigenvalue weighted by atomic mass is 10.1. The second-order valence-electron chi connectivity index (χ2n) is 8.28. The van der Waals surface area contributed by atoms with E-state index in [4.69, 9.17) is 0 Å². The lowest BCUT2D eigenvalue weighted by Crippen LogP contribution is -2.53. The first-order valence-corrected chi connectivity index (χ1v) is 10.4. The van der Waals surface area contributed by atoms with E-state index in [1.54, 1.807) is 4.90 Å². The van der Waals surface area contributed by atoms with E-state index in [9.17, 15) is 14.4 Å². The highest BCUT2D eigenvalue weighted by Gasteiger charge is 2.31. The molecule has 2 N–H and O–H groups in total. The molecule has 0 bridgehead atoms. The molecule has 1 saturated heterocycles. The molecule has 1 aromatic carbocycles. The smallest absolute Gasteiger partial charge is 0.241 e. The fraction of sp³-hybridized carbons (Fsp3) is 0.571. The molecule has 8 heteroatoms. The second kappa shape index (κ2) is 8.51. The summed E-state index contributed by atoms with van der Waals surface area (Å²) in [6, 6.07) is 7.65. The maximum atomic E-state index is 13.2. The van der Waals surface area contributed by atoms with Crippen molar-refractivity contribution in [2.75, 3.05) is 49.5 Å². The number of carbonyl (C=O) groups excluding carboxylic acids is 3. The fourth-order valence-corrected chi connectivity index (χ4v) is 4.04. The van der Waals surface area contributed by atoms with Gasteiger partial charge in [0.05, 0.1) is 24.5 Å². The van der Waals surface area contributed by atoms with Crippen molar-refractivity contribution >= 4 is 29.1 Å². The molecule has 0 radical (unpaired) electrons. The molecule has 0 unspecified atom stereocenters. The van der Waals surface area contributed by atoms with Crippen LogP contribution in [0.25, 0.3) is 0 Å². The molecule has 1 aliphatic carbocycles. The van der Waals surface area contributed by atoms with Gasteiger partial charge in [-0.3, -0.25) is 24.2 Å². The monoisotopic (exact) mass is 399 g/mol. The van der Waals surface area contributed by atoms with Gasteiger partial charge in [-0.2, -0.15) is 0 Å². The number of piperazine rings is 1. The maximum absolute atomic E-state index is 13.2. The van der Waals surface area contributed by atoms with Gasteiger partial charge < -0.3 is 15.5 Å². The normalized spacial score (nSPS) is 23.1. The van der Waals surface area contributed by atoms with E-state index in [2.05, 4.69) is 20.4 Å². The zero-order valence-electron chi connectivity index (χ0n) is 16.9. The van der Waals surface area contributed by atoms with E-state index in [0.29, 0.717) is 24.8 Å². The van der Waals surface area contributed by atoms with E-state index in [1.165, 1.54) is 0 Å². The number of amides is 3. The number of hydrogen-bond donors (Lipinski definition) is 2. The van der Waals surface area contributed by atoms with Gasteiger partial charge in [0.25, 0.3) is 0 Å². The minimum Gasteiger partial charge on any atom is -0.352 e. The summed E-state index contributed by atoms with van der Waals surface area (Å²) in [5.41, 5.74) is 1.44. The summed E-state index contributed by atoms with van der Waals surface area (Å²) in [4.78, 5) is 43.3. The summed E-state index contributed by atoms with van der Waals surface area (Å²) >= 11 is 0. The Morgan fingerprint density at radius 3 is 2.41 bits per heavy atom. The molecule has 1 atom stereocenters. The van der Waals surface area contributed by atoms with Gasteiger partial charge in [0.2, 0.25) is 17.7 Å². The number of hydrogen-bond acceptors (Lipinski definition) is 5. The van der Waals surface area contributed by atoms with Gasteiger partial charge in [-0.15, -0.1) is 0 Å². The van der Waals surface area contributed by atoms with Gasteiger partial charge in [0.1, 0.15) is 0 Å². The molecule has 1 saturated carbocycles. The van der Waals surface area contributed by atoms with Crippen molar-refractivity contribution in [3.05, 3.63) is 24.3 Å². The predicted molar refractivity (Wildman–Crippen MR) is 111 cm³/mol. The van der Waals surface area contributed by atoms with Crippen molar-refractivity contribution in [2.45, 2.75) is 38.3 Å². The number of rotatable bonds is 5. The largest absolute Gasteiger partial charge is 0.352 e. The number of nitrogens with one attached hydrogen (secondary N) is 2. The van der Waals surface area contributed by atoms with Crippen LogP contribution in [0.1, 0.15) is 26.2 Å². The average molecular weight is 399 g/mol. The molecule has 156 valence electrons. The van der Waals surface area contributed by atoms with E-state index < -0.39 is 0 Å². The van der Waals surface area contributed by atoms with Crippen molar-refractivity contribution < 1.29 is 14.4 Å². The third-order valence-electron chi connectivity index (χ3n) is 5.76. The molecule has 0 aromatic heterocycles. The number of benzene rings is 1. The molecule has 2 fully saturated rings. The Hall–Kier alpha value is -2.45. The minimum atomic E-state index is -0.196. The van der Waals surface area contributed by atoms with E-state index in [-0.39, 0.29) is 30.2 Å². The third kappa shape index (κ3) is 4.94. The van der Waals surface area contributed by atoms with Crippen LogP contribution >= 0.6 is 0 Å². The van der Waals surface area contributed by atoms with Crippen LogP contribution in [0.15, 0.2) is 24.3 Å². The van der Waals surface area contributed by atoms with Crippen molar-refractivity contribution in [1.29, 1.82) is 0 Å². The van der Waals surface area contributed by atoms with Crippen LogP contribution in [0.4, 0.5) is 11.4 Å². The van der Waals surface area contributed by atoms with Crippen LogP contribution in [0.2, 0.25) is 0 Å². The van der Waals surface area contributed by atoms with Crippen LogP contribution in [0.3, 0.4) is 0 Å². The Labute approximate surface area is 171 Å². The molecule has 3 amide bonds. The van der Waals surface area contributed by atoms with Crippen molar-refractivity contribution in [2.24, 2.45) is 0 Å². The summed E-state index contributed by atoms with van der Waals surface area (Å²) in [5.74, 6) is 0.0314. The van der Waals surface area contributed by atoms with Gasteiger partial charge >= 0.3 is 0 Å². The molecule has 1 aromatic rings. The highest BCUT2D eigenvalue weighted by Crippen LogP contribution is 2.31. The lowest BCUT2D eigenvalue weighted by molar-refractivity contribution is -0.124. The molecular formula is C21H29N5O3. The molecule has 2 aliphatic heterocycles. The van der Waals surface area contributed by atoms with Crippen LogP contribution in [0, 0.1) is 0 Å². The highest BCUT2D eigenvalue weighted by atomic mass is 16.2. The first-order chi connectivity index (χ1) is 14.0. The Morgan fingerprint density at radius 1 is 1.07 bits per heavy atom. The van der Waals surface area contributed by atoms with Gasteiger partial charge in [-0.05, 0) is 31.9 Å². The standard InChI is InChI=1S/C21H29N5O3/c1-15-12-19(27)23-17-4-2-3-5-18(17)26(15)21(29)14-25-10-8-24(9-11-25)13-20(28)22-16-6-7-16/h2-5,15-16H,6-14H2,1H3,(H,22,28)(H,23,27)/t15-/m0/s1. The average Bonchev–Trinajstić information content (AvgIpc) is 3.49. The molecule has 29 heavy (non-hydrogen) atoms. The van der Waals surface area contributed by atoms with E-state index in [1.807, 2.05) is 31.2 Å². The summed E-state index contributed by atoms with van der Waals surface area (Å²) in [6.07, 6.45) is 2.48. The Bertz CT molecular complexity index is 786. The van der Waals surface area contributed by atoms with E-state index >= 15 is 0 Å². The molecule has 8 nitrogen and oxygen atoms in total. The molecule has 4 rings (SSSR count). The summed E-state index contributed by atoms with van der Waals surface area (Å²) < 4.78 is 0. The van der Waals surface area contributed by atoms with Crippen molar-refractivity contribution in [3.63, 3.8) is 0 Å². The zero-order chi connectivity index (χ0) is 20.4. The molecule has 2 heterocycles. The summed E-state index contributed by atoms with van der Waals surface area (Å²) in [7, 11) is 0. The van der Waals surface area contributed by atoms with Crippen LogP contribution in [0.5, 0.6) is 0 Å². The SMILES string of the molecule is C[C@H]1CC(=O)Nc2ccccc2N1C(=O)CN1CCN(CC(=O)NC2CC2)CC1. The Balaban J connectivity index is 1.33. The van der Waals surface area contributed by atoms with Crippen molar-refractivity contribution in [3.8, 4) is 0 Å². The Kier molecular flexibility index (Phi) is 5.82. The zero-order valence-corrected chi connectivity index (χ0v) is 16.9. The number of nitrogens with zero attached hydrogens (tertiary/aromatic N) is 3. The quantitative estimate of drug-likeness (QED) is 0.759. The number of para-hydroxylation sites is 2. The van der Waals surface area contributed by atoms with Gasteiger partial charge in [-0.25, -0.2) is 0 Å². The van der Waals surface area contributed by atoms with E-state index in [0.717, 1.165) is 44.7 Å². The first-order valence-electron chi connectivity index (χ1n) is 10.4. The van der Waals surface area contributed by atoms with Crippen molar-refractivity contribution in [1.82, 2.24) is 15.1 Å². The predicted octanol–water partition coefficient (Wildman–Crippen LogP) is 0.647. The fourth-order valence-electron chi connectivity index (χ4n) is 4.04. The first kappa shape index (κ1) is 19.8. The maximum Gasteiger partial charge on any atom is 0.241 e. The number of fused-ring (bicyclic) bond motifs is 1. The number of carbonyl (C=O) groups is 3. The van der Waals surface area contributed by atoms with Crippen LogP contribution < -0.4 is 15.5 Å². The second-order valence-corrected chi connectivity index (χ2v) is 8.28. The summed E-state index contributed by atoms with van der Waals surface area (Å²) in [6.45, 7) is 5.72. The van der Waals surface area contributed by atoms with Gasteiger partial charge in [0.15, 0.2) is 0 Å². The molecule has 3 aliphatic rings. The third-order valence-corrected chi connectivity index (χ3v) is 5.76.